The van der Waals surface area contributed by atoms with Crippen LogP contribution >= 0.6 is 0 Å². The topological polar surface area (TPSA) is 90.7 Å². The standard InChI is InChI=1S/C22H33N5O4/c1-15(2)21(23-20(28)14-29-3)22-25-24-19-6-7-26(8-9-27(19)22)13-16-10-17(30-4)12-18(11-16)31-5/h10-12,15,21H,6-9,13-14H2,1-5H3,(H,23,28)/t21-/m1/s1. The van der Waals surface area contributed by atoms with Crippen LogP contribution in [-0.2, 0) is 29.0 Å². The number of carbonyl (C=O) groups excluding carboxylic acids is 1. The van der Waals surface area contributed by atoms with Crippen molar-refractivity contribution in [2.45, 2.75) is 39.4 Å². The number of hydrogen-bond acceptors (Lipinski definition) is 7. The molecule has 0 aliphatic carbocycles. The highest BCUT2D eigenvalue weighted by molar-refractivity contribution is 5.77. The Morgan fingerprint density at radius 1 is 1.06 bits per heavy atom. The van der Waals surface area contributed by atoms with Gasteiger partial charge in [-0.2, -0.15) is 0 Å². The fraction of sp³-hybridized carbons (Fsp3) is 0.591. The van der Waals surface area contributed by atoms with Gasteiger partial charge in [0.2, 0.25) is 5.91 Å². The first-order valence-electron chi connectivity index (χ1n) is 10.6. The van der Waals surface area contributed by atoms with Crippen LogP contribution in [0.25, 0.3) is 0 Å². The summed E-state index contributed by atoms with van der Waals surface area (Å²) in [5, 5.41) is 11.9. The third-order valence-corrected chi connectivity index (χ3v) is 5.50. The Kier molecular flexibility index (Phi) is 7.86. The van der Waals surface area contributed by atoms with Crippen molar-refractivity contribution in [3.05, 3.63) is 35.4 Å². The van der Waals surface area contributed by atoms with Crippen molar-refractivity contribution in [2.75, 3.05) is 41.0 Å². The van der Waals surface area contributed by atoms with Crippen LogP contribution in [0.2, 0.25) is 0 Å². The summed E-state index contributed by atoms with van der Waals surface area (Å²) in [5.74, 6) is 3.36. The Bertz CT molecular complexity index is 861. The predicted octanol–water partition coefficient (Wildman–Crippen LogP) is 1.81. The van der Waals surface area contributed by atoms with Crippen molar-refractivity contribution in [1.29, 1.82) is 0 Å². The summed E-state index contributed by atoms with van der Waals surface area (Å²) in [5.41, 5.74) is 1.14. The van der Waals surface area contributed by atoms with Crippen molar-refractivity contribution >= 4 is 5.91 Å². The van der Waals surface area contributed by atoms with Gasteiger partial charge in [-0.05, 0) is 23.6 Å². The molecule has 2 heterocycles. The highest BCUT2D eigenvalue weighted by atomic mass is 16.5. The van der Waals surface area contributed by atoms with Gasteiger partial charge in [0.25, 0.3) is 0 Å². The SMILES string of the molecule is COCC(=O)N[C@@H](c1nnc2n1CCN(Cc1cc(OC)cc(OC)c1)CC2)C(C)C. The Morgan fingerprint density at radius 3 is 2.39 bits per heavy atom. The van der Waals surface area contributed by atoms with Gasteiger partial charge < -0.3 is 24.1 Å². The van der Waals surface area contributed by atoms with Gasteiger partial charge in [0.15, 0.2) is 5.82 Å². The number of methoxy groups -OCH3 is 3. The molecule has 0 unspecified atom stereocenters. The summed E-state index contributed by atoms with van der Waals surface area (Å²) >= 11 is 0. The molecule has 1 aromatic carbocycles. The third-order valence-electron chi connectivity index (χ3n) is 5.50. The molecule has 9 nitrogen and oxygen atoms in total. The summed E-state index contributed by atoms with van der Waals surface area (Å²) in [4.78, 5) is 14.5. The van der Waals surface area contributed by atoms with Crippen molar-refractivity contribution in [3.63, 3.8) is 0 Å². The van der Waals surface area contributed by atoms with Crippen LogP contribution in [0.3, 0.4) is 0 Å². The van der Waals surface area contributed by atoms with E-state index in [-0.39, 0.29) is 24.5 Å². The molecule has 1 aromatic heterocycles. The Hall–Kier alpha value is -2.65. The maximum absolute atomic E-state index is 12.1. The number of carbonyl (C=O) groups is 1. The number of amides is 1. The van der Waals surface area contributed by atoms with Gasteiger partial charge in [-0.15, -0.1) is 10.2 Å². The molecule has 0 radical (unpaired) electrons. The summed E-state index contributed by atoms with van der Waals surface area (Å²) in [6, 6.07) is 5.75. The third kappa shape index (κ3) is 5.74. The molecule has 170 valence electrons. The van der Waals surface area contributed by atoms with Crippen molar-refractivity contribution < 1.29 is 19.0 Å². The zero-order chi connectivity index (χ0) is 22.4. The van der Waals surface area contributed by atoms with Crippen LogP contribution < -0.4 is 14.8 Å². The van der Waals surface area contributed by atoms with Crippen LogP contribution in [0.15, 0.2) is 18.2 Å². The lowest BCUT2D eigenvalue weighted by Crippen LogP contribution is -2.36. The number of fused-ring (bicyclic) bond motifs is 1. The maximum Gasteiger partial charge on any atom is 0.246 e. The summed E-state index contributed by atoms with van der Waals surface area (Å²) in [6.07, 6.45) is 0.797. The van der Waals surface area contributed by atoms with E-state index < -0.39 is 0 Å². The second-order valence-electron chi connectivity index (χ2n) is 8.10. The van der Waals surface area contributed by atoms with Crippen LogP contribution in [0.4, 0.5) is 0 Å². The molecule has 1 amide bonds. The molecular weight excluding hydrogens is 398 g/mol. The van der Waals surface area contributed by atoms with Gasteiger partial charge >= 0.3 is 0 Å². The lowest BCUT2D eigenvalue weighted by atomic mass is 10.0. The maximum atomic E-state index is 12.1. The smallest absolute Gasteiger partial charge is 0.246 e. The van der Waals surface area contributed by atoms with Crippen LogP contribution in [0, 0.1) is 5.92 Å². The molecule has 2 aromatic rings. The lowest BCUT2D eigenvalue weighted by Gasteiger charge is -2.23. The van der Waals surface area contributed by atoms with E-state index in [0.29, 0.717) is 0 Å². The Balaban J connectivity index is 1.73. The minimum atomic E-state index is -0.210. The zero-order valence-electron chi connectivity index (χ0n) is 19.1. The highest BCUT2D eigenvalue weighted by Gasteiger charge is 2.27. The summed E-state index contributed by atoms with van der Waals surface area (Å²) in [6.45, 7) is 7.45. The van der Waals surface area contributed by atoms with Crippen molar-refractivity contribution in [3.8, 4) is 11.5 Å². The van der Waals surface area contributed by atoms with Gasteiger partial charge in [0.1, 0.15) is 23.9 Å². The quantitative estimate of drug-likeness (QED) is 0.648. The van der Waals surface area contributed by atoms with E-state index in [2.05, 4.69) is 38.8 Å². The molecule has 1 atom stereocenters. The first-order valence-corrected chi connectivity index (χ1v) is 10.6. The number of rotatable bonds is 9. The number of nitrogens with one attached hydrogen (secondary N) is 1. The van der Waals surface area contributed by atoms with Crippen molar-refractivity contribution in [1.82, 2.24) is 25.0 Å². The average Bonchev–Trinajstić information content (AvgIpc) is 3.05. The highest BCUT2D eigenvalue weighted by Crippen LogP contribution is 2.25. The second kappa shape index (κ2) is 10.6. The van der Waals surface area contributed by atoms with Gasteiger partial charge in [-0.1, -0.05) is 13.8 Å². The molecular formula is C22H33N5O4. The lowest BCUT2D eigenvalue weighted by molar-refractivity contribution is -0.125. The van der Waals surface area contributed by atoms with Gasteiger partial charge in [0.05, 0.1) is 20.3 Å². The summed E-state index contributed by atoms with van der Waals surface area (Å²) in [7, 11) is 4.84. The van der Waals surface area contributed by atoms with Crippen LogP contribution in [-0.4, -0.2) is 66.6 Å². The van der Waals surface area contributed by atoms with E-state index in [0.717, 1.165) is 61.3 Å². The molecule has 0 spiro atoms. The first-order chi connectivity index (χ1) is 14.9. The average molecular weight is 432 g/mol. The molecule has 3 rings (SSSR count). The molecule has 0 bridgehead atoms. The van der Waals surface area contributed by atoms with Gasteiger partial charge in [-0.25, -0.2) is 0 Å². The Labute approximate surface area is 183 Å². The van der Waals surface area contributed by atoms with E-state index in [1.54, 1.807) is 14.2 Å². The van der Waals surface area contributed by atoms with Gasteiger partial charge in [0, 0.05) is 45.8 Å². The molecule has 9 heteroatoms. The minimum absolute atomic E-state index is 0.0298. The predicted molar refractivity (Wildman–Crippen MR) is 116 cm³/mol. The molecule has 0 saturated carbocycles. The van der Waals surface area contributed by atoms with E-state index in [4.69, 9.17) is 14.2 Å². The number of ether oxygens (including phenoxy) is 3. The molecule has 1 aliphatic heterocycles. The normalized spacial score (nSPS) is 15.3. The largest absolute Gasteiger partial charge is 0.497 e. The Morgan fingerprint density at radius 2 is 1.77 bits per heavy atom. The van der Waals surface area contributed by atoms with E-state index >= 15 is 0 Å². The van der Waals surface area contributed by atoms with Crippen LogP contribution in [0.5, 0.6) is 11.5 Å². The first kappa shape index (κ1) is 23.0. The van der Waals surface area contributed by atoms with E-state index in [9.17, 15) is 4.79 Å². The fourth-order valence-electron chi connectivity index (χ4n) is 3.87. The van der Waals surface area contributed by atoms with Crippen LogP contribution in [0.1, 0.15) is 37.1 Å². The number of benzene rings is 1. The molecule has 0 saturated heterocycles. The molecule has 1 N–H and O–H groups in total. The second-order valence-corrected chi connectivity index (χ2v) is 8.10. The van der Waals surface area contributed by atoms with Gasteiger partial charge in [-0.3, -0.25) is 9.69 Å². The van der Waals surface area contributed by atoms with E-state index in [1.165, 1.54) is 7.11 Å². The monoisotopic (exact) mass is 431 g/mol. The minimum Gasteiger partial charge on any atom is -0.497 e. The zero-order valence-corrected chi connectivity index (χ0v) is 19.1. The van der Waals surface area contributed by atoms with E-state index in [1.807, 2.05) is 18.2 Å². The molecule has 31 heavy (non-hydrogen) atoms. The summed E-state index contributed by atoms with van der Waals surface area (Å²) < 4.78 is 17.9. The molecule has 1 aliphatic rings. The fourth-order valence-corrected chi connectivity index (χ4v) is 3.87. The number of nitrogens with zero attached hydrogens (tertiary/aromatic N) is 4. The number of hydrogen-bond donors (Lipinski definition) is 1. The molecule has 0 fully saturated rings. The number of aromatic nitrogens is 3. The van der Waals surface area contributed by atoms with Crippen molar-refractivity contribution in [2.24, 2.45) is 5.92 Å².